The van der Waals surface area contributed by atoms with Gasteiger partial charge in [-0.2, -0.15) is 0 Å². The lowest BCUT2D eigenvalue weighted by Gasteiger charge is -2.12. The summed E-state index contributed by atoms with van der Waals surface area (Å²) in [7, 11) is 2.84. The van der Waals surface area contributed by atoms with E-state index in [9.17, 15) is 19.2 Å². The largest absolute Gasteiger partial charge is 0.465 e. The number of anilines is 2. The summed E-state index contributed by atoms with van der Waals surface area (Å²) >= 11 is 0. The lowest BCUT2D eigenvalue weighted by Crippen LogP contribution is -2.31. The second kappa shape index (κ2) is 9.19. The highest BCUT2D eigenvalue weighted by Crippen LogP contribution is 2.26. The third-order valence-electron chi connectivity index (χ3n) is 4.52. The molecule has 0 unspecified atom stereocenters. The fraction of sp³-hybridized carbons (Fsp3) is 0.238. The van der Waals surface area contributed by atoms with Crippen LogP contribution in [0.5, 0.6) is 0 Å². The summed E-state index contributed by atoms with van der Waals surface area (Å²) in [5.41, 5.74) is 1.76. The number of ether oxygens (including phenoxy) is 2. The van der Waals surface area contributed by atoms with Crippen LogP contribution >= 0.6 is 0 Å². The number of methoxy groups -OCH3 is 2. The van der Waals surface area contributed by atoms with Crippen LogP contribution in [0.3, 0.4) is 0 Å². The van der Waals surface area contributed by atoms with Crippen LogP contribution in [0.1, 0.15) is 37.5 Å². The Bertz CT molecular complexity index is 987. The zero-order chi connectivity index (χ0) is 21.7. The molecule has 156 valence electrons. The zero-order valence-corrected chi connectivity index (χ0v) is 16.6. The first kappa shape index (κ1) is 21.0. The lowest BCUT2D eigenvalue weighted by molar-refractivity contribution is 0.0597. The number of hydrogen-bond acceptors (Lipinski definition) is 6. The van der Waals surface area contributed by atoms with Gasteiger partial charge in [0.05, 0.1) is 23.8 Å². The molecule has 9 heteroatoms. The van der Waals surface area contributed by atoms with Gasteiger partial charge in [-0.05, 0) is 48.9 Å². The van der Waals surface area contributed by atoms with Crippen molar-refractivity contribution in [2.75, 3.05) is 38.0 Å². The normalized spacial score (nSPS) is 12.5. The second-order valence-electron chi connectivity index (χ2n) is 6.52. The average molecular weight is 411 g/mol. The topological polar surface area (TPSA) is 114 Å². The number of carbonyl (C=O) groups is 4. The minimum absolute atomic E-state index is 0.248. The monoisotopic (exact) mass is 411 g/mol. The van der Waals surface area contributed by atoms with Crippen molar-refractivity contribution in [2.24, 2.45) is 0 Å². The number of hydrogen-bond donors (Lipinski definition) is 2. The number of carbonyl (C=O) groups excluding carboxylic acids is 4. The van der Waals surface area contributed by atoms with E-state index in [4.69, 9.17) is 4.74 Å². The lowest BCUT2D eigenvalue weighted by atomic mass is 10.1. The Hall–Kier alpha value is -3.72. The van der Waals surface area contributed by atoms with E-state index in [-0.39, 0.29) is 18.0 Å². The molecule has 0 aromatic heterocycles. The molecule has 0 radical (unpaired) electrons. The zero-order valence-electron chi connectivity index (χ0n) is 16.6. The summed E-state index contributed by atoms with van der Waals surface area (Å²) in [4.78, 5) is 49.8. The first-order chi connectivity index (χ1) is 14.4. The quantitative estimate of drug-likeness (QED) is 0.411. The summed E-state index contributed by atoms with van der Waals surface area (Å²) in [6.45, 7) is 0.714. The molecular weight excluding hydrogens is 390 g/mol. The fourth-order valence-corrected chi connectivity index (χ4v) is 3.04. The Morgan fingerprint density at radius 3 is 2.20 bits per heavy atom. The first-order valence-electron chi connectivity index (χ1n) is 9.20. The molecule has 1 aliphatic heterocycles. The number of nitrogens with zero attached hydrogens (tertiary/aromatic N) is 1. The van der Waals surface area contributed by atoms with E-state index < -0.39 is 17.9 Å². The van der Waals surface area contributed by atoms with Crippen LogP contribution in [-0.4, -0.2) is 56.1 Å². The van der Waals surface area contributed by atoms with Crippen molar-refractivity contribution in [1.29, 1.82) is 0 Å². The number of fused-ring (bicyclic) bond motifs is 1. The smallest absolute Gasteiger partial charge is 0.337 e. The van der Waals surface area contributed by atoms with Crippen LogP contribution in [0.25, 0.3) is 0 Å². The summed E-state index contributed by atoms with van der Waals surface area (Å²) in [5.74, 6) is -1.22. The van der Waals surface area contributed by atoms with Gasteiger partial charge in [-0.1, -0.05) is 0 Å². The van der Waals surface area contributed by atoms with E-state index in [2.05, 4.69) is 15.4 Å². The Labute approximate surface area is 172 Å². The molecule has 1 aliphatic rings. The van der Waals surface area contributed by atoms with Gasteiger partial charge in [0.2, 0.25) is 0 Å². The minimum atomic E-state index is -0.533. The number of urea groups is 1. The number of nitrogens with one attached hydrogen (secondary N) is 2. The number of esters is 1. The van der Waals surface area contributed by atoms with Crippen molar-refractivity contribution < 1.29 is 28.7 Å². The van der Waals surface area contributed by atoms with Gasteiger partial charge in [-0.15, -0.1) is 0 Å². The minimum Gasteiger partial charge on any atom is -0.465 e. The second-order valence-corrected chi connectivity index (χ2v) is 6.52. The van der Waals surface area contributed by atoms with Crippen molar-refractivity contribution in [3.05, 3.63) is 59.2 Å². The average Bonchev–Trinajstić information content (AvgIpc) is 2.98. The molecule has 0 fully saturated rings. The molecule has 0 saturated carbocycles. The van der Waals surface area contributed by atoms with Crippen LogP contribution < -0.4 is 10.6 Å². The molecule has 1 heterocycles. The number of rotatable bonds is 7. The SMILES string of the molecule is COCCCN1C(=O)c2ccc(NC(=O)Nc3ccc(C(=O)OC)cc3)cc2C1=O. The van der Waals surface area contributed by atoms with Crippen molar-refractivity contribution in [2.45, 2.75) is 6.42 Å². The number of amides is 4. The molecular formula is C21H21N3O6. The molecule has 2 aromatic carbocycles. The van der Waals surface area contributed by atoms with Crippen LogP contribution in [0, 0.1) is 0 Å². The molecule has 30 heavy (non-hydrogen) atoms. The van der Waals surface area contributed by atoms with E-state index in [0.717, 1.165) is 0 Å². The maximum absolute atomic E-state index is 12.5. The third-order valence-corrected chi connectivity index (χ3v) is 4.52. The molecule has 9 nitrogen and oxygen atoms in total. The summed E-state index contributed by atoms with van der Waals surface area (Å²) in [5, 5.41) is 5.25. The van der Waals surface area contributed by atoms with Crippen molar-refractivity contribution in [3.63, 3.8) is 0 Å². The molecule has 4 amide bonds. The van der Waals surface area contributed by atoms with Gasteiger partial charge in [0.1, 0.15) is 0 Å². The van der Waals surface area contributed by atoms with Crippen LogP contribution in [-0.2, 0) is 9.47 Å². The van der Waals surface area contributed by atoms with Crippen LogP contribution in [0.15, 0.2) is 42.5 Å². The predicted molar refractivity (Wildman–Crippen MR) is 109 cm³/mol. The highest BCUT2D eigenvalue weighted by Gasteiger charge is 2.35. The fourth-order valence-electron chi connectivity index (χ4n) is 3.04. The van der Waals surface area contributed by atoms with Crippen molar-refractivity contribution in [1.82, 2.24) is 4.90 Å². The summed E-state index contributed by atoms with van der Waals surface area (Å²) in [6.07, 6.45) is 0.546. The molecule has 0 saturated heterocycles. The number of imide groups is 1. The van der Waals surface area contributed by atoms with Crippen LogP contribution in [0.2, 0.25) is 0 Å². The maximum atomic E-state index is 12.5. The maximum Gasteiger partial charge on any atom is 0.337 e. The molecule has 0 aliphatic carbocycles. The third kappa shape index (κ3) is 4.47. The Balaban J connectivity index is 1.65. The molecule has 2 aromatic rings. The summed E-state index contributed by atoms with van der Waals surface area (Å²) in [6, 6.07) is 10.2. The highest BCUT2D eigenvalue weighted by molar-refractivity contribution is 6.22. The molecule has 3 rings (SSSR count). The first-order valence-corrected chi connectivity index (χ1v) is 9.20. The van der Waals surface area contributed by atoms with E-state index in [0.29, 0.717) is 35.5 Å². The molecule has 0 atom stereocenters. The Kier molecular flexibility index (Phi) is 6.43. The Morgan fingerprint density at radius 1 is 0.900 bits per heavy atom. The van der Waals surface area contributed by atoms with E-state index in [1.807, 2.05) is 0 Å². The highest BCUT2D eigenvalue weighted by atomic mass is 16.5. The van der Waals surface area contributed by atoms with Gasteiger partial charge in [0.15, 0.2) is 0 Å². The van der Waals surface area contributed by atoms with E-state index in [1.54, 1.807) is 25.3 Å². The van der Waals surface area contributed by atoms with E-state index >= 15 is 0 Å². The van der Waals surface area contributed by atoms with Gasteiger partial charge in [-0.25, -0.2) is 9.59 Å². The van der Waals surface area contributed by atoms with Gasteiger partial charge in [-0.3, -0.25) is 14.5 Å². The molecule has 0 spiro atoms. The molecule has 2 N–H and O–H groups in total. The Morgan fingerprint density at radius 2 is 1.53 bits per heavy atom. The van der Waals surface area contributed by atoms with Gasteiger partial charge in [0.25, 0.3) is 11.8 Å². The van der Waals surface area contributed by atoms with E-state index in [1.165, 1.54) is 36.3 Å². The molecule has 0 bridgehead atoms. The van der Waals surface area contributed by atoms with Gasteiger partial charge in [0, 0.05) is 31.6 Å². The predicted octanol–water partition coefficient (Wildman–Crippen LogP) is 2.75. The van der Waals surface area contributed by atoms with Gasteiger partial charge >= 0.3 is 12.0 Å². The summed E-state index contributed by atoms with van der Waals surface area (Å²) < 4.78 is 9.58. The van der Waals surface area contributed by atoms with Crippen molar-refractivity contribution in [3.8, 4) is 0 Å². The number of benzene rings is 2. The van der Waals surface area contributed by atoms with Crippen LogP contribution in [0.4, 0.5) is 16.2 Å². The van der Waals surface area contributed by atoms with Crippen molar-refractivity contribution >= 4 is 35.2 Å². The standard InChI is InChI=1S/C21H21N3O6/c1-29-11-3-10-24-18(25)16-9-8-15(12-17(16)19(24)26)23-21(28)22-14-6-4-13(5-7-14)20(27)30-2/h4-9,12H,3,10-11H2,1-2H3,(H2,22,23,28). The van der Waals surface area contributed by atoms with Gasteiger partial charge < -0.3 is 20.1 Å².